The van der Waals surface area contributed by atoms with E-state index in [4.69, 9.17) is 0 Å². The van der Waals surface area contributed by atoms with E-state index < -0.39 is 10.0 Å². The topological polar surface area (TPSA) is 37.4 Å². The van der Waals surface area contributed by atoms with Gasteiger partial charge in [0.2, 0.25) is 10.0 Å². The molecule has 1 saturated heterocycles. The first-order valence-electron chi connectivity index (χ1n) is 3.54. The van der Waals surface area contributed by atoms with Crippen LogP contribution in [0.5, 0.6) is 0 Å². The average molecular weight is 163 g/mol. The molecule has 0 unspecified atom stereocenters. The number of hydrogen-bond acceptors (Lipinski definition) is 2. The first-order valence-corrected chi connectivity index (χ1v) is 5.04. The first-order chi connectivity index (χ1) is 4.55. The Morgan fingerprint density at radius 2 is 1.80 bits per heavy atom. The van der Waals surface area contributed by atoms with Gasteiger partial charge in [-0.15, -0.1) is 0 Å². The summed E-state index contributed by atoms with van der Waals surface area (Å²) in [6.07, 6.45) is 1.02. The Balaban J connectivity index is 2.68. The molecule has 1 aliphatic rings. The van der Waals surface area contributed by atoms with E-state index in [1.165, 1.54) is 4.31 Å². The summed E-state index contributed by atoms with van der Waals surface area (Å²) in [5, 5.41) is -0.257. The Labute approximate surface area is 62.1 Å². The van der Waals surface area contributed by atoms with E-state index in [2.05, 4.69) is 0 Å². The van der Waals surface area contributed by atoms with E-state index in [1.54, 1.807) is 13.8 Å². The fourth-order valence-electron chi connectivity index (χ4n) is 0.840. The maximum atomic E-state index is 11.2. The van der Waals surface area contributed by atoms with Gasteiger partial charge in [0.05, 0.1) is 5.25 Å². The summed E-state index contributed by atoms with van der Waals surface area (Å²) in [6.45, 7) is 4.88. The van der Waals surface area contributed by atoms with Crippen LogP contribution in [-0.2, 0) is 10.0 Å². The highest BCUT2D eigenvalue weighted by molar-refractivity contribution is 7.89. The highest BCUT2D eigenvalue weighted by Crippen LogP contribution is 2.15. The molecule has 1 heterocycles. The summed E-state index contributed by atoms with van der Waals surface area (Å²) in [4.78, 5) is 0. The number of hydrogen-bond donors (Lipinski definition) is 0. The first kappa shape index (κ1) is 8.01. The smallest absolute Gasteiger partial charge is 0.212 e. The normalized spacial score (nSPS) is 21.1. The Kier molecular flexibility index (Phi) is 2.01. The van der Waals surface area contributed by atoms with Crippen LogP contribution in [0, 0.1) is 0 Å². The maximum Gasteiger partial charge on any atom is 0.216 e. The van der Waals surface area contributed by atoms with Crippen molar-refractivity contribution in [2.75, 3.05) is 13.1 Å². The Morgan fingerprint density at radius 1 is 1.30 bits per heavy atom. The molecule has 0 saturated carbocycles. The average Bonchev–Trinajstić information content (AvgIpc) is 1.57. The molecular formula is C6H13NO2S. The second kappa shape index (κ2) is 2.51. The van der Waals surface area contributed by atoms with Gasteiger partial charge in [-0.2, -0.15) is 0 Å². The summed E-state index contributed by atoms with van der Waals surface area (Å²) < 4.78 is 24.0. The van der Waals surface area contributed by atoms with Gasteiger partial charge in [0.1, 0.15) is 0 Å². The van der Waals surface area contributed by atoms with Crippen molar-refractivity contribution in [1.29, 1.82) is 0 Å². The SMILES string of the molecule is CC(C)S(=O)(=O)N1CCC1. The van der Waals surface area contributed by atoms with Gasteiger partial charge in [-0.1, -0.05) is 0 Å². The van der Waals surface area contributed by atoms with Crippen LogP contribution in [-0.4, -0.2) is 31.1 Å². The lowest BCUT2D eigenvalue weighted by atomic mass is 10.3. The third kappa shape index (κ3) is 1.18. The molecule has 1 rings (SSSR count). The van der Waals surface area contributed by atoms with Gasteiger partial charge in [-0.05, 0) is 20.3 Å². The van der Waals surface area contributed by atoms with Gasteiger partial charge < -0.3 is 0 Å². The Bertz CT molecular complexity index is 204. The van der Waals surface area contributed by atoms with Crippen molar-refractivity contribution in [2.24, 2.45) is 0 Å². The van der Waals surface area contributed by atoms with Crippen LogP contribution in [0.15, 0.2) is 0 Å². The predicted octanol–water partition coefficient (Wildman–Crippen LogP) is 0.430. The van der Waals surface area contributed by atoms with Gasteiger partial charge in [0.15, 0.2) is 0 Å². The minimum atomic E-state index is -2.91. The quantitative estimate of drug-likeness (QED) is 0.592. The van der Waals surface area contributed by atoms with Crippen molar-refractivity contribution in [3.05, 3.63) is 0 Å². The number of rotatable bonds is 2. The lowest BCUT2D eigenvalue weighted by Crippen LogP contribution is -2.45. The molecule has 10 heavy (non-hydrogen) atoms. The summed E-state index contributed by atoms with van der Waals surface area (Å²) in [6, 6.07) is 0. The fourth-order valence-corrected chi connectivity index (χ4v) is 2.20. The summed E-state index contributed by atoms with van der Waals surface area (Å²) in [5.74, 6) is 0. The molecular weight excluding hydrogens is 150 g/mol. The van der Waals surface area contributed by atoms with Crippen molar-refractivity contribution >= 4 is 10.0 Å². The summed E-state index contributed by atoms with van der Waals surface area (Å²) in [5.41, 5.74) is 0. The van der Waals surface area contributed by atoms with Gasteiger partial charge in [0.25, 0.3) is 0 Å². The molecule has 0 N–H and O–H groups in total. The molecule has 0 atom stereocenters. The van der Waals surface area contributed by atoms with E-state index >= 15 is 0 Å². The second-order valence-electron chi connectivity index (χ2n) is 2.85. The summed E-state index contributed by atoms with van der Waals surface area (Å²) in [7, 11) is -2.91. The van der Waals surface area contributed by atoms with Crippen LogP contribution >= 0.6 is 0 Å². The largest absolute Gasteiger partial charge is 0.216 e. The van der Waals surface area contributed by atoms with Gasteiger partial charge >= 0.3 is 0 Å². The molecule has 0 radical (unpaired) electrons. The monoisotopic (exact) mass is 163 g/mol. The third-order valence-electron chi connectivity index (χ3n) is 1.77. The molecule has 0 aromatic carbocycles. The van der Waals surface area contributed by atoms with Crippen LogP contribution < -0.4 is 0 Å². The van der Waals surface area contributed by atoms with Crippen molar-refractivity contribution in [2.45, 2.75) is 25.5 Å². The molecule has 0 bridgehead atoms. The molecule has 0 aromatic rings. The molecule has 60 valence electrons. The van der Waals surface area contributed by atoms with E-state index in [-0.39, 0.29) is 5.25 Å². The van der Waals surface area contributed by atoms with Crippen LogP contribution in [0.2, 0.25) is 0 Å². The minimum Gasteiger partial charge on any atom is -0.212 e. The molecule has 0 aromatic heterocycles. The van der Waals surface area contributed by atoms with E-state index in [0.29, 0.717) is 0 Å². The molecule has 0 amide bonds. The van der Waals surface area contributed by atoms with E-state index in [0.717, 1.165) is 19.5 Å². The van der Waals surface area contributed by atoms with E-state index in [1.807, 2.05) is 0 Å². The van der Waals surface area contributed by atoms with E-state index in [9.17, 15) is 8.42 Å². The highest BCUT2D eigenvalue weighted by Gasteiger charge is 2.29. The van der Waals surface area contributed by atoms with Crippen molar-refractivity contribution in [1.82, 2.24) is 4.31 Å². The zero-order valence-corrected chi connectivity index (χ0v) is 7.19. The standard InChI is InChI=1S/C6H13NO2S/c1-6(2)10(8,9)7-4-3-5-7/h6H,3-5H2,1-2H3. The van der Waals surface area contributed by atoms with Crippen molar-refractivity contribution < 1.29 is 8.42 Å². The molecule has 4 heteroatoms. The lowest BCUT2D eigenvalue weighted by molar-refractivity contribution is 0.306. The zero-order chi connectivity index (χ0) is 7.78. The van der Waals surface area contributed by atoms with Crippen LogP contribution in [0.3, 0.4) is 0 Å². The minimum absolute atomic E-state index is 0.257. The number of sulfonamides is 1. The zero-order valence-electron chi connectivity index (χ0n) is 6.37. The lowest BCUT2D eigenvalue weighted by Gasteiger charge is -2.31. The van der Waals surface area contributed by atoms with Gasteiger partial charge in [-0.3, -0.25) is 0 Å². The van der Waals surface area contributed by atoms with Gasteiger partial charge in [0, 0.05) is 13.1 Å². The van der Waals surface area contributed by atoms with Crippen LogP contribution in [0.25, 0.3) is 0 Å². The van der Waals surface area contributed by atoms with Crippen LogP contribution in [0.4, 0.5) is 0 Å². The van der Waals surface area contributed by atoms with Crippen LogP contribution in [0.1, 0.15) is 20.3 Å². The summed E-state index contributed by atoms with van der Waals surface area (Å²) >= 11 is 0. The second-order valence-corrected chi connectivity index (χ2v) is 5.34. The Hall–Kier alpha value is -0.0900. The molecule has 1 aliphatic heterocycles. The molecule has 1 fully saturated rings. The Morgan fingerprint density at radius 3 is 1.90 bits per heavy atom. The third-order valence-corrected chi connectivity index (χ3v) is 4.05. The fraction of sp³-hybridized carbons (Fsp3) is 1.00. The van der Waals surface area contributed by atoms with Crippen molar-refractivity contribution in [3.8, 4) is 0 Å². The predicted molar refractivity (Wildman–Crippen MR) is 40.2 cm³/mol. The van der Waals surface area contributed by atoms with Crippen molar-refractivity contribution in [3.63, 3.8) is 0 Å². The van der Waals surface area contributed by atoms with Gasteiger partial charge in [-0.25, -0.2) is 12.7 Å². The number of nitrogens with zero attached hydrogens (tertiary/aromatic N) is 1. The molecule has 3 nitrogen and oxygen atoms in total. The highest BCUT2D eigenvalue weighted by atomic mass is 32.2. The molecule has 0 spiro atoms. The molecule has 0 aliphatic carbocycles. The maximum absolute atomic E-state index is 11.2.